The van der Waals surface area contributed by atoms with E-state index in [0.717, 1.165) is 10.7 Å². The SMILES string of the molecule is Cc1csc(Cc2noc(C(C)N)n2)n1. The predicted molar refractivity (Wildman–Crippen MR) is 56.6 cm³/mol. The quantitative estimate of drug-likeness (QED) is 0.853. The lowest BCUT2D eigenvalue weighted by atomic mass is 10.3. The van der Waals surface area contributed by atoms with E-state index >= 15 is 0 Å². The standard InChI is InChI=1S/C9H12N4OS/c1-5-4-15-8(11-5)3-7-12-9(6(2)10)14-13-7/h4,6H,3,10H2,1-2H3. The van der Waals surface area contributed by atoms with Gasteiger partial charge in [0.25, 0.3) is 0 Å². The van der Waals surface area contributed by atoms with Crippen LogP contribution in [0.3, 0.4) is 0 Å². The Labute approximate surface area is 91.3 Å². The van der Waals surface area contributed by atoms with Gasteiger partial charge in [-0.3, -0.25) is 0 Å². The topological polar surface area (TPSA) is 77.8 Å². The third-order valence-electron chi connectivity index (χ3n) is 1.85. The molecule has 0 fully saturated rings. The van der Waals surface area contributed by atoms with Gasteiger partial charge in [0.05, 0.1) is 12.5 Å². The van der Waals surface area contributed by atoms with Crippen LogP contribution in [0.1, 0.15) is 35.4 Å². The van der Waals surface area contributed by atoms with E-state index in [2.05, 4.69) is 15.1 Å². The molecule has 2 aromatic rings. The molecule has 0 radical (unpaired) electrons. The highest BCUT2D eigenvalue weighted by Gasteiger charge is 2.11. The zero-order chi connectivity index (χ0) is 10.8. The van der Waals surface area contributed by atoms with Crippen LogP contribution in [0.4, 0.5) is 0 Å². The highest BCUT2D eigenvalue weighted by atomic mass is 32.1. The molecule has 0 aliphatic rings. The Hall–Kier alpha value is -1.27. The van der Waals surface area contributed by atoms with Crippen LogP contribution in [0.5, 0.6) is 0 Å². The fraction of sp³-hybridized carbons (Fsp3) is 0.444. The van der Waals surface area contributed by atoms with Gasteiger partial charge in [-0.05, 0) is 13.8 Å². The summed E-state index contributed by atoms with van der Waals surface area (Å²) < 4.78 is 5.00. The maximum Gasteiger partial charge on any atom is 0.243 e. The van der Waals surface area contributed by atoms with E-state index in [1.165, 1.54) is 0 Å². The number of hydrogen-bond donors (Lipinski definition) is 1. The molecule has 2 rings (SSSR count). The molecule has 0 saturated heterocycles. The van der Waals surface area contributed by atoms with Gasteiger partial charge in [0.1, 0.15) is 5.01 Å². The molecule has 2 N–H and O–H groups in total. The Morgan fingerprint density at radius 1 is 1.53 bits per heavy atom. The van der Waals surface area contributed by atoms with Crippen molar-refractivity contribution in [3.8, 4) is 0 Å². The Balaban J connectivity index is 2.11. The van der Waals surface area contributed by atoms with Crippen molar-refractivity contribution in [3.63, 3.8) is 0 Å². The zero-order valence-electron chi connectivity index (χ0n) is 8.60. The summed E-state index contributed by atoms with van der Waals surface area (Å²) in [6.45, 7) is 3.77. The van der Waals surface area contributed by atoms with E-state index < -0.39 is 0 Å². The smallest absolute Gasteiger partial charge is 0.243 e. The van der Waals surface area contributed by atoms with Gasteiger partial charge < -0.3 is 10.3 Å². The van der Waals surface area contributed by atoms with E-state index in [4.69, 9.17) is 10.3 Å². The van der Waals surface area contributed by atoms with Crippen molar-refractivity contribution in [1.82, 2.24) is 15.1 Å². The molecule has 0 bridgehead atoms. The molecule has 5 nitrogen and oxygen atoms in total. The monoisotopic (exact) mass is 224 g/mol. The van der Waals surface area contributed by atoms with Gasteiger partial charge in [0.2, 0.25) is 5.89 Å². The lowest BCUT2D eigenvalue weighted by Gasteiger charge is -1.92. The summed E-state index contributed by atoms with van der Waals surface area (Å²) in [5, 5.41) is 6.83. The Kier molecular flexibility index (Phi) is 2.79. The van der Waals surface area contributed by atoms with Crippen LogP contribution in [0, 0.1) is 6.92 Å². The third-order valence-corrected chi connectivity index (χ3v) is 2.82. The van der Waals surface area contributed by atoms with Gasteiger partial charge in [-0.15, -0.1) is 11.3 Å². The van der Waals surface area contributed by atoms with Crippen molar-refractivity contribution in [1.29, 1.82) is 0 Å². The Morgan fingerprint density at radius 2 is 2.33 bits per heavy atom. The van der Waals surface area contributed by atoms with E-state index in [1.54, 1.807) is 11.3 Å². The Morgan fingerprint density at radius 3 is 2.87 bits per heavy atom. The summed E-state index contributed by atoms with van der Waals surface area (Å²) in [5.41, 5.74) is 6.63. The molecule has 0 aliphatic heterocycles. The maximum atomic E-state index is 5.62. The van der Waals surface area contributed by atoms with E-state index in [0.29, 0.717) is 18.1 Å². The number of aryl methyl sites for hydroxylation is 1. The van der Waals surface area contributed by atoms with Crippen molar-refractivity contribution in [3.05, 3.63) is 27.8 Å². The highest BCUT2D eigenvalue weighted by molar-refractivity contribution is 7.09. The van der Waals surface area contributed by atoms with Crippen LogP contribution in [0.15, 0.2) is 9.90 Å². The number of hydrogen-bond acceptors (Lipinski definition) is 6. The largest absolute Gasteiger partial charge is 0.338 e. The first-order valence-electron chi connectivity index (χ1n) is 4.64. The molecular formula is C9H12N4OS. The second-order valence-electron chi connectivity index (χ2n) is 3.40. The molecule has 1 unspecified atom stereocenters. The number of nitrogens with zero attached hydrogens (tertiary/aromatic N) is 3. The molecule has 2 aromatic heterocycles. The maximum absolute atomic E-state index is 5.62. The fourth-order valence-corrected chi connectivity index (χ4v) is 1.91. The third kappa shape index (κ3) is 2.40. The highest BCUT2D eigenvalue weighted by Crippen LogP contribution is 2.13. The van der Waals surface area contributed by atoms with Gasteiger partial charge in [-0.25, -0.2) is 4.98 Å². The van der Waals surface area contributed by atoms with E-state index in [1.807, 2.05) is 19.2 Å². The normalized spacial score (nSPS) is 13.0. The number of nitrogens with two attached hydrogens (primary N) is 1. The van der Waals surface area contributed by atoms with E-state index in [9.17, 15) is 0 Å². The first kappa shape index (κ1) is 10.3. The second-order valence-corrected chi connectivity index (χ2v) is 4.34. The van der Waals surface area contributed by atoms with Crippen LogP contribution in [0.2, 0.25) is 0 Å². The lowest BCUT2D eigenvalue weighted by molar-refractivity contribution is 0.357. The van der Waals surface area contributed by atoms with Gasteiger partial charge in [-0.1, -0.05) is 5.16 Å². The summed E-state index contributed by atoms with van der Waals surface area (Å²) in [5.74, 6) is 1.11. The van der Waals surface area contributed by atoms with Gasteiger partial charge in [0.15, 0.2) is 5.82 Å². The van der Waals surface area contributed by atoms with Gasteiger partial charge in [-0.2, -0.15) is 4.98 Å². The molecule has 0 aromatic carbocycles. The predicted octanol–water partition coefficient (Wildman–Crippen LogP) is 1.45. The van der Waals surface area contributed by atoms with Gasteiger partial charge in [0, 0.05) is 11.1 Å². The summed E-state index contributed by atoms with van der Waals surface area (Å²) in [6, 6.07) is -0.218. The number of aromatic nitrogens is 3. The minimum atomic E-state index is -0.218. The molecule has 6 heteroatoms. The summed E-state index contributed by atoms with van der Waals surface area (Å²) in [4.78, 5) is 8.50. The van der Waals surface area contributed by atoms with Gasteiger partial charge >= 0.3 is 0 Å². The second kappa shape index (κ2) is 4.08. The van der Waals surface area contributed by atoms with E-state index in [-0.39, 0.29) is 6.04 Å². The summed E-state index contributed by atoms with van der Waals surface area (Å²) in [6.07, 6.45) is 0.606. The first-order valence-corrected chi connectivity index (χ1v) is 5.52. The average molecular weight is 224 g/mol. The number of thiazole rings is 1. The van der Waals surface area contributed by atoms with Crippen LogP contribution in [-0.2, 0) is 6.42 Å². The molecule has 0 spiro atoms. The lowest BCUT2D eigenvalue weighted by Crippen LogP contribution is -2.05. The zero-order valence-corrected chi connectivity index (χ0v) is 9.41. The molecule has 80 valence electrons. The minimum Gasteiger partial charge on any atom is -0.338 e. The summed E-state index contributed by atoms with van der Waals surface area (Å²) >= 11 is 1.60. The molecule has 0 amide bonds. The summed E-state index contributed by atoms with van der Waals surface area (Å²) in [7, 11) is 0. The van der Waals surface area contributed by atoms with Crippen molar-refractivity contribution < 1.29 is 4.52 Å². The molecule has 1 atom stereocenters. The van der Waals surface area contributed by atoms with Crippen LogP contribution in [-0.4, -0.2) is 15.1 Å². The number of rotatable bonds is 3. The molecular weight excluding hydrogens is 212 g/mol. The van der Waals surface area contributed by atoms with Crippen LogP contribution in [0.25, 0.3) is 0 Å². The Bertz CT molecular complexity index is 448. The average Bonchev–Trinajstić information content (AvgIpc) is 2.76. The first-order chi connectivity index (χ1) is 7.15. The van der Waals surface area contributed by atoms with Crippen LogP contribution >= 0.6 is 11.3 Å². The van der Waals surface area contributed by atoms with Crippen molar-refractivity contribution >= 4 is 11.3 Å². The van der Waals surface area contributed by atoms with Crippen LogP contribution < -0.4 is 5.73 Å². The molecule has 2 heterocycles. The minimum absolute atomic E-state index is 0.218. The molecule has 0 aliphatic carbocycles. The molecule has 15 heavy (non-hydrogen) atoms. The van der Waals surface area contributed by atoms with Crippen molar-refractivity contribution in [2.45, 2.75) is 26.3 Å². The van der Waals surface area contributed by atoms with Crippen molar-refractivity contribution in [2.24, 2.45) is 5.73 Å². The molecule has 0 saturated carbocycles. The fourth-order valence-electron chi connectivity index (χ4n) is 1.14. The van der Waals surface area contributed by atoms with Crippen molar-refractivity contribution in [2.75, 3.05) is 0 Å².